The van der Waals surface area contributed by atoms with Crippen LogP contribution in [0.5, 0.6) is 0 Å². The molecule has 6 nitrogen and oxygen atoms in total. The lowest BCUT2D eigenvalue weighted by molar-refractivity contribution is 0.656. The molecule has 3 aromatic rings. The third-order valence-electron chi connectivity index (χ3n) is 3.39. The van der Waals surface area contributed by atoms with Crippen LogP contribution in [0.4, 0.5) is 0 Å². The minimum atomic E-state index is -0.388. The van der Waals surface area contributed by atoms with Crippen molar-refractivity contribution in [1.82, 2.24) is 18.7 Å². The molecule has 0 atom stereocenters. The lowest BCUT2D eigenvalue weighted by Gasteiger charge is -2.11. The van der Waals surface area contributed by atoms with Gasteiger partial charge in [0.1, 0.15) is 0 Å². The zero-order valence-corrected chi connectivity index (χ0v) is 12.3. The molecule has 0 aliphatic heterocycles. The first-order chi connectivity index (χ1) is 10.0. The third kappa shape index (κ3) is 1.99. The Morgan fingerprint density at radius 2 is 1.86 bits per heavy atom. The van der Waals surface area contributed by atoms with Gasteiger partial charge in [0.25, 0.3) is 5.56 Å². The average Bonchev–Trinajstić information content (AvgIpc) is 2.84. The van der Waals surface area contributed by atoms with Gasteiger partial charge < -0.3 is 4.57 Å². The van der Waals surface area contributed by atoms with Crippen molar-refractivity contribution in [3.63, 3.8) is 0 Å². The third-order valence-corrected chi connectivity index (χ3v) is 3.64. The molecule has 0 aliphatic carbocycles. The number of benzene rings is 1. The molecule has 0 bridgehead atoms. The van der Waals surface area contributed by atoms with Crippen LogP contribution in [0.15, 0.2) is 40.2 Å². The highest BCUT2D eigenvalue weighted by molar-refractivity contribution is 6.30. The quantitative estimate of drug-likeness (QED) is 0.722. The molecule has 0 N–H and O–H groups in total. The van der Waals surface area contributed by atoms with E-state index < -0.39 is 0 Å². The molecule has 0 amide bonds. The molecular weight excluding hydrogens is 292 g/mol. The monoisotopic (exact) mass is 304 g/mol. The van der Waals surface area contributed by atoms with Crippen molar-refractivity contribution in [2.75, 3.05) is 0 Å². The van der Waals surface area contributed by atoms with Gasteiger partial charge in [-0.2, -0.15) is 0 Å². The fourth-order valence-electron chi connectivity index (χ4n) is 2.37. The van der Waals surface area contributed by atoms with Crippen molar-refractivity contribution >= 4 is 22.8 Å². The van der Waals surface area contributed by atoms with Crippen LogP contribution >= 0.6 is 11.6 Å². The minimum absolute atomic E-state index is 0.272. The zero-order chi connectivity index (χ0) is 15.1. The molecule has 3 rings (SSSR count). The number of imidazole rings is 1. The van der Waals surface area contributed by atoms with Crippen LogP contribution in [-0.4, -0.2) is 18.7 Å². The Bertz CT molecular complexity index is 934. The molecule has 0 saturated carbocycles. The zero-order valence-electron chi connectivity index (χ0n) is 11.6. The predicted octanol–water partition coefficient (Wildman–Crippen LogP) is 1.56. The fourth-order valence-corrected chi connectivity index (χ4v) is 2.49. The maximum absolute atomic E-state index is 12.6. The second-order valence-corrected chi connectivity index (χ2v) is 5.11. The Morgan fingerprint density at radius 3 is 2.48 bits per heavy atom. The van der Waals surface area contributed by atoms with Crippen molar-refractivity contribution < 1.29 is 0 Å². The second-order valence-electron chi connectivity index (χ2n) is 4.67. The first-order valence-electron chi connectivity index (χ1n) is 6.47. The Labute approximate surface area is 124 Å². The Balaban J connectivity index is 2.51. The molecule has 1 aromatic carbocycles. The van der Waals surface area contributed by atoms with E-state index in [1.807, 2.05) is 0 Å². The number of nitrogens with zero attached hydrogens (tertiary/aromatic N) is 4. The molecule has 0 fully saturated rings. The summed E-state index contributed by atoms with van der Waals surface area (Å²) in [5, 5.41) is 0.580. The number of halogens is 1. The molecular formula is C14H13ClN4O2. The first-order valence-corrected chi connectivity index (χ1v) is 6.85. The van der Waals surface area contributed by atoms with Crippen LogP contribution < -0.4 is 11.2 Å². The molecule has 0 aliphatic rings. The van der Waals surface area contributed by atoms with E-state index in [4.69, 9.17) is 11.6 Å². The van der Waals surface area contributed by atoms with Crippen LogP contribution in [0.2, 0.25) is 5.02 Å². The molecule has 0 saturated heterocycles. The maximum Gasteiger partial charge on any atom is 0.337 e. The number of fused-ring (bicyclic) bond motifs is 1. The summed E-state index contributed by atoms with van der Waals surface area (Å²) in [5.41, 5.74) is 0.621. The number of aryl methyl sites for hydroxylation is 1. The lowest BCUT2D eigenvalue weighted by atomic mass is 10.3. The van der Waals surface area contributed by atoms with E-state index >= 15 is 0 Å². The van der Waals surface area contributed by atoms with Gasteiger partial charge in [0.2, 0.25) is 0 Å². The SMILES string of the molecule is CCn1c(=O)c2ncn(C)c2n(-c2ccc(Cl)cc2)c1=O. The van der Waals surface area contributed by atoms with E-state index in [0.29, 0.717) is 16.4 Å². The topological polar surface area (TPSA) is 61.8 Å². The summed E-state index contributed by atoms with van der Waals surface area (Å²) in [5.74, 6) is 0. The van der Waals surface area contributed by atoms with Crippen molar-refractivity contribution in [3.8, 4) is 5.69 Å². The van der Waals surface area contributed by atoms with Crippen LogP contribution in [0.25, 0.3) is 16.9 Å². The first kappa shape index (κ1) is 13.6. The van der Waals surface area contributed by atoms with Gasteiger partial charge in [-0.3, -0.25) is 9.36 Å². The minimum Gasteiger partial charge on any atom is -0.319 e. The van der Waals surface area contributed by atoms with Crippen molar-refractivity contribution in [3.05, 3.63) is 56.5 Å². The van der Waals surface area contributed by atoms with E-state index in [2.05, 4.69) is 4.98 Å². The Morgan fingerprint density at radius 1 is 1.19 bits per heavy atom. The van der Waals surface area contributed by atoms with Gasteiger partial charge in [0.15, 0.2) is 11.2 Å². The van der Waals surface area contributed by atoms with Crippen LogP contribution in [-0.2, 0) is 13.6 Å². The van der Waals surface area contributed by atoms with Crippen LogP contribution in [0.1, 0.15) is 6.92 Å². The normalized spacial score (nSPS) is 11.2. The summed E-state index contributed by atoms with van der Waals surface area (Å²) in [6, 6.07) is 6.88. The Hall–Kier alpha value is -2.34. The highest BCUT2D eigenvalue weighted by Crippen LogP contribution is 2.15. The number of rotatable bonds is 2. The van der Waals surface area contributed by atoms with Gasteiger partial charge in [-0.15, -0.1) is 0 Å². The molecule has 2 heterocycles. The molecule has 21 heavy (non-hydrogen) atoms. The standard InChI is InChI=1S/C14H13ClN4O2/c1-3-18-13(20)11-12(17(2)8-16-11)19(14(18)21)10-6-4-9(15)5-7-10/h4-8H,3H2,1-2H3. The van der Waals surface area contributed by atoms with E-state index in [9.17, 15) is 9.59 Å². The molecule has 0 spiro atoms. The molecule has 108 valence electrons. The Kier molecular flexibility index (Phi) is 3.17. The van der Waals surface area contributed by atoms with Crippen LogP contribution in [0, 0.1) is 0 Å². The van der Waals surface area contributed by atoms with Gasteiger partial charge in [0.05, 0.1) is 12.0 Å². The van der Waals surface area contributed by atoms with E-state index in [0.717, 1.165) is 0 Å². The highest BCUT2D eigenvalue weighted by atomic mass is 35.5. The fraction of sp³-hybridized carbons (Fsp3) is 0.214. The van der Waals surface area contributed by atoms with Gasteiger partial charge >= 0.3 is 5.69 Å². The molecule has 7 heteroatoms. The van der Waals surface area contributed by atoms with Crippen molar-refractivity contribution in [2.24, 2.45) is 7.05 Å². The smallest absolute Gasteiger partial charge is 0.319 e. The molecule has 2 aromatic heterocycles. The number of hydrogen-bond donors (Lipinski definition) is 0. The average molecular weight is 305 g/mol. The van der Waals surface area contributed by atoms with Crippen molar-refractivity contribution in [2.45, 2.75) is 13.5 Å². The maximum atomic E-state index is 12.6. The largest absolute Gasteiger partial charge is 0.337 e. The van der Waals surface area contributed by atoms with Gasteiger partial charge in [0, 0.05) is 18.6 Å². The van der Waals surface area contributed by atoms with E-state index in [-0.39, 0.29) is 23.3 Å². The summed E-state index contributed by atoms with van der Waals surface area (Å²) in [7, 11) is 1.75. The van der Waals surface area contributed by atoms with Crippen molar-refractivity contribution in [1.29, 1.82) is 0 Å². The van der Waals surface area contributed by atoms with Gasteiger partial charge in [-0.05, 0) is 31.2 Å². The molecule has 0 radical (unpaired) electrons. The summed E-state index contributed by atoms with van der Waals surface area (Å²) in [6.07, 6.45) is 1.53. The van der Waals surface area contributed by atoms with Gasteiger partial charge in [-0.25, -0.2) is 14.3 Å². The van der Waals surface area contributed by atoms with Crippen LogP contribution in [0.3, 0.4) is 0 Å². The van der Waals surface area contributed by atoms with Gasteiger partial charge in [-0.1, -0.05) is 11.6 Å². The highest BCUT2D eigenvalue weighted by Gasteiger charge is 2.17. The van der Waals surface area contributed by atoms with E-state index in [1.54, 1.807) is 42.8 Å². The summed E-state index contributed by atoms with van der Waals surface area (Å²) in [6.45, 7) is 2.04. The van der Waals surface area contributed by atoms with E-state index in [1.165, 1.54) is 15.5 Å². The summed E-state index contributed by atoms with van der Waals surface area (Å²) < 4.78 is 4.31. The number of hydrogen-bond acceptors (Lipinski definition) is 3. The number of aromatic nitrogens is 4. The molecule has 0 unspecified atom stereocenters. The predicted molar refractivity (Wildman–Crippen MR) is 81.3 cm³/mol. The second kappa shape index (κ2) is 4.89. The lowest BCUT2D eigenvalue weighted by Crippen LogP contribution is -2.39. The summed E-state index contributed by atoms with van der Waals surface area (Å²) >= 11 is 5.89. The summed E-state index contributed by atoms with van der Waals surface area (Å²) in [4.78, 5) is 29.0.